The molecule has 4 heteroatoms. The molecule has 104 valence electrons. The molecule has 2 N–H and O–H groups in total. The number of hydrogen-bond acceptors (Lipinski definition) is 3. The molecule has 3 rings (SSSR count). The highest BCUT2D eigenvalue weighted by atomic mass is 16.4. The monoisotopic (exact) mass is 270 g/mol. The van der Waals surface area contributed by atoms with Gasteiger partial charge < -0.3 is 10.4 Å². The Labute approximate surface area is 117 Å². The summed E-state index contributed by atoms with van der Waals surface area (Å²) in [7, 11) is 0. The number of carboxylic acid groups (broad SMARTS) is 1. The topological polar surface area (TPSA) is 62.2 Å². The molecule has 20 heavy (non-hydrogen) atoms. The van der Waals surface area contributed by atoms with E-state index < -0.39 is 5.97 Å². The van der Waals surface area contributed by atoms with Gasteiger partial charge in [-0.3, -0.25) is 9.78 Å². The first-order valence-electron chi connectivity index (χ1n) is 7.07. The lowest BCUT2D eigenvalue weighted by Crippen LogP contribution is -2.29. The molecular weight excluding hydrogens is 252 g/mol. The van der Waals surface area contributed by atoms with E-state index in [-0.39, 0.29) is 5.92 Å². The molecule has 1 aromatic carbocycles. The Balaban J connectivity index is 1.73. The van der Waals surface area contributed by atoms with Gasteiger partial charge in [0.2, 0.25) is 0 Å². The maximum absolute atomic E-state index is 11.0. The zero-order chi connectivity index (χ0) is 13.9. The number of carbonyl (C=O) groups is 1. The van der Waals surface area contributed by atoms with Gasteiger partial charge in [-0.25, -0.2) is 0 Å². The predicted molar refractivity (Wildman–Crippen MR) is 78.7 cm³/mol. The number of anilines is 1. The molecule has 0 unspecified atom stereocenters. The van der Waals surface area contributed by atoms with Crippen molar-refractivity contribution in [3.63, 3.8) is 0 Å². The molecule has 0 radical (unpaired) electrons. The highest BCUT2D eigenvalue weighted by Gasteiger charge is 2.25. The van der Waals surface area contributed by atoms with E-state index in [9.17, 15) is 4.79 Å². The first-order chi connectivity index (χ1) is 9.74. The normalized spacial score (nSPS) is 22.6. The van der Waals surface area contributed by atoms with Crippen molar-refractivity contribution in [2.24, 2.45) is 5.92 Å². The molecule has 1 aliphatic carbocycles. The number of rotatable bonds is 3. The number of para-hydroxylation sites is 1. The second kappa shape index (κ2) is 5.49. The molecule has 0 spiro atoms. The Morgan fingerprint density at radius 3 is 2.65 bits per heavy atom. The summed E-state index contributed by atoms with van der Waals surface area (Å²) in [5.74, 6) is -0.819. The summed E-state index contributed by atoms with van der Waals surface area (Å²) in [4.78, 5) is 15.3. The summed E-state index contributed by atoms with van der Waals surface area (Å²) in [6.07, 6.45) is 5.15. The zero-order valence-corrected chi connectivity index (χ0v) is 11.2. The van der Waals surface area contributed by atoms with Crippen LogP contribution in [0.1, 0.15) is 25.7 Å². The third-order valence-corrected chi connectivity index (χ3v) is 4.09. The number of aromatic nitrogens is 1. The number of fused-ring (bicyclic) bond motifs is 1. The smallest absolute Gasteiger partial charge is 0.306 e. The lowest BCUT2D eigenvalue weighted by atomic mass is 9.86. The minimum absolute atomic E-state index is 0.165. The summed E-state index contributed by atoms with van der Waals surface area (Å²) in [5, 5.41) is 13.7. The van der Waals surface area contributed by atoms with Crippen LogP contribution in [0, 0.1) is 5.92 Å². The van der Waals surface area contributed by atoms with Gasteiger partial charge in [0.1, 0.15) is 0 Å². The molecule has 1 aromatic heterocycles. The van der Waals surface area contributed by atoms with E-state index in [1.165, 1.54) is 0 Å². The summed E-state index contributed by atoms with van der Waals surface area (Å²) in [5.41, 5.74) is 2.08. The summed E-state index contributed by atoms with van der Waals surface area (Å²) >= 11 is 0. The fourth-order valence-electron chi connectivity index (χ4n) is 2.93. The van der Waals surface area contributed by atoms with Gasteiger partial charge in [0.25, 0.3) is 0 Å². The first-order valence-corrected chi connectivity index (χ1v) is 7.07. The summed E-state index contributed by atoms with van der Waals surface area (Å²) < 4.78 is 0. The number of benzene rings is 1. The van der Waals surface area contributed by atoms with E-state index >= 15 is 0 Å². The predicted octanol–water partition coefficient (Wildman–Crippen LogP) is 3.29. The van der Waals surface area contributed by atoms with Crippen molar-refractivity contribution in [2.75, 3.05) is 5.32 Å². The highest BCUT2D eigenvalue weighted by molar-refractivity contribution is 5.90. The molecular formula is C16H18N2O2. The second-order valence-electron chi connectivity index (χ2n) is 5.41. The quantitative estimate of drug-likeness (QED) is 0.898. The van der Waals surface area contributed by atoms with Crippen molar-refractivity contribution >= 4 is 22.6 Å². The van der Waals surface area contributed by atoms with Crippen LogP contribution < -0.4 is 5.32 Å². The van der Waals surface area contributed by atoms with E-state index in [0.29, 0.717) is 6.04 Å². The maximum Gasteiger partial charge on any atom is 0.306 e. The van der Waals surface area contributed by atoms with Gasteiger partial charge in [-0.05, 0) is 37.8 Å². The van der Waals surface area contributed by atoms with Crippen LogP contribution in [0.4, 0.5) is 5.69 Å². The molecule has 1 saturated carbocycles. The average Bonchev–Trinajstić information content (AvgIpc) is 2.48. The fraction of sp³-hybridized carbons (Fsp3) is 0.375. The van der Waals surface area contributed by atoms with Crippen molar-refractivity contribution in [2.45, 2.75) is 31.7 Å². The Bertz CT molecular complexity index is 613. The second-order valence-corrected chi connectivity index (χ2v) is 5.41. The Kier molecular flexibility index (Phi) is 3.54. The minimum atomic E-state index is -0.655. The first kappa shape index (κ1) is 12.9. The van der Waals surface area contributed by atoms with Gasteiger partial charge in [0.05, 0.1) is 11.4 Å². The average molecular weight is 270 g/mol. The van der Waals surface area contributed by atoms with E-state index in [1.54, 1.807) is 0 Å². The molecule has 0 atom stereocenters. The van der Waals surface area contributed by atoms with Crippen LogP contribution in [-0.2, 0) is 4.79 Å². The van der Waals surface area contributed by atoms with Gasteiger partial charge in [0, 0.05) is 23.3 Å². The van der Waals surface area contributed by atoms with Crippen molar-refractivity contribution in [3.05, 3.63) is 36.5 Å². The largest absolute Gasteiger partial charge is 0.481 e. The summed E-state index contributed by atoms with van der Waals surface area (Å²) in [6, 6.07) is 10.4. The third-order valence-electron chi connectivity index (χ3n) is 4.09. The zero-order valence-electron chi connectivity index (χ0n) is 11.2. The Morgan fingerprint density at radius 1 is 1.15 bits per heavy atom. The van der Waals surface area contributed by atoms with E-state index in [4.69, 9.17) is 5.11 Å². The molecule has 2 aromatic rings. The van der Waals surface area contributed by atoms with Gasteiger partial charge in [0.15, 0.2) is 0 Å². The molecule has 0 saturated heterocycles. The number of carboxylic acids is 1. The Hall–Kier alpha value is -2.10. The van der Waals surface area contributed by atoms with Crippen molar-refractivity contribution in [3.8, 4) is 0 Å². The molecule has 4 nitrogen and oxygen atoms in total. The highest BCUT2D eigenvalue weighted by Crippen LogP contribution is 2.29. The number of pyridine rings is 1. The van der Waals surface area contributed by atoms with E-state index in [2.05, 4.69) is 16.4 Å². The maximum atomic E-state index is 11.0. The molecule has 1 aliphatic rings. The van der Waals surface area contributed by atoms with Crippen LogP contribution >= 0.6 is 0 Å². The van der Waals surface area contributed by atoms with Crippen LogP contribution in [-0.4, -0.2) is 22.1 Å². The van der Waals surface area contributed by atoms with Crippen LogP contribution in [0.5, 0.6) is 0 Å². The van der Waals surface area contributed by atoms with Gasteiger partial charge >= 0.3 is 5.97 Å². The minimum Gasteiger partial charge on any atom is -0.481 e. The third kappa shape index (κ3) is 2.59. The van der Waals surface area contributed by atoms with Gasteiger partial charge in [-0.15, -0.1) is 0 Å². The van der Waals surface area contributed by atoms with Crippen LogP contribution in [0.3, 0.4) is 0 Å². The van der Waals surface area contributed by atoms with Crippen LogP contribution in [0.15, 0.2) is 36.5 Å². The van der Waals surface area contributed by atoms with Gasteiger partial charge in [-0.2, -0.15) is 0 Å². The van der Waals surface area contributed by atoms with Crippen LogP contribution in [0.2, 0.25) is 0 Å². The van der Waals surface area contributed by atoms with Gasteiger partial charge in [-0.1, -0.05) is 18.2 Å². The summed E-state index contributed by atoms with van der Waals surface area (Å²) in [6.45, 7) is 0. The molecule has 1 heterocycles. The number of nitrogens with one attached hydrogen (secondary N) is 1. The lowest BCUT2D eigenvalue weighted by Gasteiger charge is -2.28. The molecule has 1 fully saturated rings. The van der Waals surface area contributed by atoms with Crippen molar-refractivity contribution in [1.82, 2.24) is 4.98 Å². The fourth-order valence-corrected chi connectivity index (χ4v) is 2.93. The lowest BCUT2D eigenvalue weighted by molar-refractivity contribution is -0.142. The van der Waals surface area contributed by atoms with E-state index in [0.717, 1.165) is 42.3 Å². The van der Waals surface area contributed by atoms with Crippen molar-refractivity contribution < 1.29 is 9.90 Å². The number of nitrogens with zero attached hydrogens (tertiary/aromatic N) is 1. The number of hydrogen-bond donors (Lipinski definition) is 2. The molecule has 0 amide bonds. The SMILES string of the molecule is O=C(O)C1CCC(Nc2ccnc3ccccc23)CC1. The Morgan fingerprint density at radius 2 is 1.90 bits per heavy atom. The van der Waals surface area contributed by atoms with Crippen LogP contribution in [0.25, 0.3) is 10.9 Å². The van der Waals surface area contributed by atoms with Crippen molar-refractivity contribution in [1.29, 1.82) is 0 Å². The molecule has 0 aliphatic heterocycles. The standard InChI is InChI=1S/C16H18N2O2/c19-16(20)11-5-7-12(8-6-11)18-15-9-10-17-14-4-2-1-3-13(14)15/h1-4,9-12H,5-8H2,(H,17,18)(H,19,20). The van der Waals surface area contributed by atoms with E-state index in [1.807, 2.05) is 30.5 Å². The number of aliphatic carboxylic acids is 1. The molecule has 0 bridgehead atoms.